The molecule has 0 fully saturated rings. The predicted molar refractivity (Wildman–Crippen MR) is 98.2 cm³/mol. The summed E-state index contributed by atoms with van der Waals surface area (Å²) in [6, 6.07) is 19.9. The minimum atomic E-state index is -0.898. The topological polar surface area (TPSA) is 56.3 Å². The smallest absolute Gasteiger partial charge is 0.324 e. The standard InChI is InChI=1S/C14H18N2O2.C6H6/c1-14(13(17)18,16(2)3)8-10-9-15-12-7-5-4-6-11(10)12;1-2-4-6-5-3-1/h4-7,9,15H,8H2,1-3H3,(H,17,18);1-6H. The van der Waals surface area contributed by atoms with Crippen molar-refractivity contribution >= 4 is 16.9 Å². The van der Waals surface area contributed by atoms with Crippen LogP contribution < -0.4 is 0 Å². The Balaban J connectivity index is 0.000000292. The molecule has 0 saturated heterocycles. The number of nitrogens with zero attached hydrogens (tertiary/aromatic N) is 1. The van der Waals surface area contributed by atoms with Gasteiger partial charge in [-0.2, -0.15) is 0 Å². The molecule has 1 unspecified atom stereocenters. The van der Waals surface area contributed by atoms with Gasteiger partial charge in [-0.15, -0.1) is 0 Å². The van der Waals surface area contributed by atoms with E-state index in [9.17, 15) is 9.90 Å². The van der Waals surface area contributed by atoms with Crippen LogP contribution in [0.5, 0.6) is 0 Å². The number of hydrogen-bond donors (Lipinski definition) is 2. The Morgan fingerprint density at radius 1 is 1.04 bits per heavy atom. The number of rotatable bonds is 4. The van der Waals surface area contributed by atoms with Gasteiger partial charge in [0.2, 0.25) is 0 Å². The van der Waals surface area contributed by atoms with Crippen LogP contribution in [-0.2, 0) is 11.2 Å². The van der Waals surface area contributed by atoms with E-state index in [1.165, 1.54) is 0 Å². The number of carbonyl (C=O) groups is 1. The summed E-state index contributed by atoms with van der Waals surface area (Å²) < 4.78 is 0. The number of nitrogens with one attached hydrogen (secondary N) is 1. The number of aromatic amines is 1. The number of likely N-dealkylation sites (N-methyl/N-ethyl adjacent to an activating group) is 1. The molecule has 0 aliphatic rings. The lowest BCUT2D eigenvalue weighted by atomic mass is 9.91. The number of H-pyrrole nitrogens is 1. The second kappa shape index (κ2) is 7.79. The molecule has 24 heavy (non-hydrogen) atoms. The van der Waals surface area contributed by atoms with Gasteiger partial charge in [-0.05, 0) is 32.6 Å². The maximum absolute atomic E-state index is 11.5. The van der Waals surface area contributed by atoms with Crippen molar-refractivity contribution < 1.29 is 9.90 Å². The lowest BCUT2D eigenvalue weighted by molar-refractivity contribution is -0.148. The number of aromatic nitrogens is 1. The van der Waals surface area contributed by atoms with Crippen molar-refractivity contribution in [3.63, 3.8) is 0 Å². The molecule has 0 saturated carbocycles. The maximum Gasteiger partial charge on any atom is 0.324 e. The lowest BCUT2D eigenvalue weighted by Gasteiger charge is -2.31. The number of carboxylic acids is 1. The number of benzene rings is 2. The van der Waals surface area contributed by atoms with Crippen LogP contribution in [0.15, 0.2) is 66.9 Å². The van der Waals surface area contributed by atoms with Crippen LogP contribution in [0, 0.1) is 0 Å². The summed E-state index contributed by atoms with van der Waals surface area (Å²) in [4.78, 5) is 16.4. The molecule has 0 bridgehead atoms. The summed E-state index contributed by atoms with van der Waals surface area (Å²) in [6.07, 6.45) is 2.37. The van der Waals surface area contributed by atoms with Gasteiger partial charge in [-0.3, -0.25) is 9.69 Å². The molecule has 3 rings (SSSR count). The molecule has 1 aromatic heterocycles. The summed E-state index contributed by atoms with van der Waals surface area (Å²) in [7, 11) is 3.59. The van der Waals surface area contributed by atoms with Crippen molar-refractivity contribution in [2.75, 3.05) is 14.1 Å². The van der Waals surface area contributed by atoms with E-state index in [2.05, 4.69) is 4.98 Å². The third kappa shape index (κ3) is 4.03. The quantitative estimate of drug-likeness (QED) is 0.767. The molecule has 4 heteroatoms. The highest BCUT2D eigenvalue weighted by molar-refractivity contribution is 5.85. The normalized spacial score (nSPS) is 13.2. The van der Waals surface area contributed by atoms with Gasteiger partial charge in [-0.1, -0.05) is 54.6 Å². The molecule has 4 nitrogen and oxygen atoms in total. The van der Waals surface area contributed by atoms with E-state index >= 15 is 0 Å². The van der Waals surface area contributed by atoms with Gasteiger partial charge in [0, 0.05) is 23.5 Å². The first-order valence-electron chi connectivity index (χ1n) is 7.91. The molecule has 1 atom stereocenters. The zero-order valence-corrected chi connectivity index (χ0v) is 14.4. The lowest BCUT2D eigenvalue weighted by Crippen LogP contribution is -2.50. The van der Waals surface area contributed by atoms with Crippen LogP contribution in [0.4, 0.5) is 0 Å². The van der Waals surface area contributed by atoms with Crippen LogP contribution in [0.3, 0.4) is 0 Å². The van der Waals surface area contributed by atoms with Crippen LogP contribution in [0.2, 0.25) is 0 Å². The van der Waals surface area contributed by atoms with Crippen LogP contribution in [0.1, 0.15) is 12.5 Å². The van der Waals surface area contributed by atoms with E-state index in [4.69, 9.17) is 0 Å². The maximum atomic E-state index is 11.5. The fourth-order valence-corrected chi connectivity index (χ4v) is 2.46. The van der Waals surface area contributed by atoms with Gasteiger partial charge >= 0.3 is 5.97 Å². The first kappa shape index (κ1) is 17.8. The van der Waals surface area contributed by atoms with Gasteiger partial charge in [0.05, 0.1) is 0 Å². The fraction of sp³-hybridized carbons (Fsp3) is 0.250. The van der Waals surface area contributed by atoms with E-state index in [1.54, 1.807) is 25.9 Å². The molecule has 0 aliphatic heterocycles. The first-order valence-corrected chi connectivity index (χ1v) is 7.91. The molecule has 0 radical (unpaired) electrons. The minimum absolute atomic E-state index is 0.472. The van der Waals surface area contributed by atoms with E-state index < -0.39 is 11.5 Å². The summed E-state index contributed by atoms with van der Waals surface area (Å²) in [5, 5.41) is 10.5. The zero-order chi connectivity index (χ0) is 17.6. The summed E-state index contributed by atoms with van der Waals surface area (Å²) in [5.41, 5.74) is 1.17. The van der Waals surface area contributed by atoms with Crippen molar-refractivity contribution in [3.8, 4) is 0 Å². The second-order valence-electron chi connectivity index (χ2n) is 6.16. The molecule has 0 amide bonds. The Bertz CT molecular complexity index is 754. The molecular weight excluding hydrogens is 300 g/mol. The summed E-state index contributed by atoms with van der Waals surface area (Å²) in [6.45, 7) is 1.75. The van der Waals surface area contributed by atoms with Crippen LogP contribution in [-0.4, -0.2) is 40.6 Å². The summed E-state index contributed by atoms with van der Waals surface area (Å²) >= 11 is 0. The Labute approximate surface area is 142 Å². The Kier molecular flexibility index (Phi) is 5.77. The van der Waals surface area contributed by atoms with Crippen molar-refractivity contribution in [3.05, 3.63) is 72.4 Å². The number of para-hydroxylation sites is 1. The van der Waals surface area contributed by atoms with Crippen molar-refractivity contribution in [1.82, 2.24) is 9.88 Å². The average molecular weight is 324 g/mol. The van der Waals surface area contributed by atoms with Crippen molar-refractivity contribution in [2.24, 2.45) is 0 Å². The molecule has 2 aromatic carbocycles. The second-order valence-corrected chi connectivity index (χ2v) is 6.16. The van der Waals surface area contributed by atoms with E-state index in [1.807, 2.05) is 66.9 Å². The molecular formula is C20H24N2O2. The molecule has 3 aromatic rings. The minimum Gasteiger partial charge on any atom is -0.480 e. The Morgan fingerprint density at radius 2 is 1.58 bits per heavy atom. The van der Waals surface area contributed by atoms with Gasteiger partial charge < -0.3 is 10.1 Å². The highest BCUT2D eigenvalue weighted by atomic mass is 16.4. The SMILES string of the molecule is CN(C)C(C)(Cc1c[nH]c2ccccc12)C(=O)O.c1ccccc1. The number of fused-ring (bicyclic) bond motifs is 1. The monoisotopic (exact) mass is 324 g/mol. The number of carboxylic acid groups (broad SMARTS) is 1. The molecule has 0 aliphatic carbocycles. The van der Waals surface area contributed by atoms with Crippen molar-refractivity contribution in [2.45, 2.75) is 18.9 Å². The van der Waals surface area contributed by atoms with Crippen molar-refractivity contribution in [1.29, 1.82) is 0 Å². The Morgan fingerprint density at radius 3 is 2.08 bits per heavy atom. The van der Waals surface area contributed by atoms with Crippen LogP contribution in [0.25, 0.3) is 10.9 Å². The first-order chi connectivity index (χ1) is 11.4. The fourth-order valence-electron chi connectivity index (χ4n) is 2.46. The van der Waals surface area contributed by atoms with Gasteiger partial charge in [0.1, 0.15) is 5.54 Å². The van der Waals surface area contributed by atoms with Crippen LogP contribution >= 0.6 is 0 Å². The third-order valence-electron chi connectivity index (χ3n) is 4.32. The van der Waals surface area contributed by atoms with E-state index in [-0.39, 0.29) is 0 Å². The highest BCUT2D eigenvalue weighted by Crippen LogP contribution is 2.25. The molecule has 126 valence electrons. The zero-order valence-electron chi connectivity index (χ0n) is 14.4. The summed E-state index contributed by atoms with van der Waals surface area (Å²) in [5.74, 6) is -0.808. The number of hydrogen-bond acceptors (Lipinski definition) is 2. The highest BCUT2D eigenvalue weighted by Gasteiger charge is 2.36. The van der Waals surface area contributed by atoms with Gasteiger partial charge in [0.15, 0.2) is 0 Å². The third-order valence-corrected chi connectivity index (χ3v) is 4.32. The molecule has 0 spiro atoms. The number of aliphatic carboxylic acids is 1. The molecule has 2 N–H and O–H groups in total. The van der Waals surface area contributed by atoms with E-state index in [0.717, 1.165) is 16.5 Å². The Hall–Kier alpha value is -2.59. The average Bonchev–Trinajstić information content (AvgIpc) is 2.99. The van der Waals surface area contributed by atoms with E-state index in [0.29, 0.717) is 6.42 Å². The van der Waals surface area contributed by atoms with Gasteiger partial charge in [-0.25, -0.2) is 0 Å². The molecule has 1 heterocycles. The van der Waals surface area contributed by atoms with Gasteiger partial charge in [0.25, 0.3) is 0 Å². The predicted octanol–water partition coefficient (Wildman–Crippen LogP) is 3.80. The largest absolute Gasteiger partial charge is 0.480 e.